The number of rotatable bonds is 2. The summed E-state index contributed by atoms with van der Waals surface area (Å²) in [5, 5.41) is 2.52. The maximum absolute atomic E-state index is 13.6. The van der Waals surface area contributed by atoms with E-state index in [1.165, 1.54) is 0 Å². The molecule has 5 rings (SSSR count). The van der Waals surface area contributed by atoms with Gasteiger partial charge < -0.3 is 4.98 Å². The number of halogens is 4. The Hall–Kier alpha value is -2.02. The zero-order valence-electron chi connectivity index (χ0n) is 14.9. The number of aromatic nitrogens is 2. The minimum atomic E-state index is -4.08. The van der Waals surface area contributed by atoms with Crippen LogP contribution in [-0.2, 0) is 9.84 Å². The molecule has 4 nitrogen and oxygen atoms in total. The van der Waals surface area contributed by atoms with Gasteiger partial charge in [-0.3, -0.25) is 0 Å². The quantitative estimate of drug-likeness (QED) is 0.261. The van der Waals surface area contributed by atoms with E-state index in [4.69, 9.17) is 46.4 Å². The molecule has 0 saturated carbocycles. The van der Waals surface area contributed by atoms with Crippen LogP contribution in [-0.4, -0.2) is 18.4 Å². The molecule has 0 spiro atoms. The molecule has 30 heavy (non-hydrogen) atoms. The fourth-order valence-electron chi connectivity index (χ4n) is 3.45. The highest BCUT2D eigenvalue weighted by Crippen LogP contribution is 2.41. The molecular weight excluding hydrogens is 486 g/mol. The second-order valence-corrected chi connectivity index (χ2v) is 10.1. The van der Waals surface area contributed by atoms with Crippen LogP contribution in [0.1, 0.15) is 0 Å². The number of sulfone groups is 1. The van der Waals surface area contributed by atoms with Gasteiger partial charge in [0.25, 0.3) is 0 Å². The highest BCUT2D eigenvalue weighted by Gasteiger charge is 2.28. The Morgan fingerprint density at radius 3 is 2.27 bits per heavy atom. The predicted octanol–water partition coefficient (Wildman–Crippen LogP) is 7.32. The van der Waals surface area contributed by atoms with Crippen molar-refractivity contribution in [1.29, 1.82) is 0 Å². The average molecular weight is 496 g/mol. The van der Waals surface area contributed by atoms with Gasteiger partial charge in [0.2, 0.25) is 9.84 Å². The summed E-state index contributed by atoms with van der Waals surface area (Å²) in [5.74, 6) is 0. The van der Waals surface area contributed by atoms with E-state index in [1.54, 1.807) is 36.4 Å². The van der Waals surface area contributed by atoms with E-state index in [9.17, 15) is 8.42 Å². The molecule has 0 saturated heterocycles. The molecule has 150 valence electrons. The van der Waals surface area contributed by atoms with E-state index >= 15 is 0 Å². The van der Waals surface area contributed by atoms with E-state index in [2.05, 4.69) is 9.97 Å². The topological polar surface area (TPSA) is 62.8 Å². The smallest absolute Gasteiger partial charge is 0.225 e. The minimum absolute atomic E-state index is 0.00625. The fraction of sp³-hybridized carbons (Fsp3) is 0. The normalized spacial score (nSPS) is 12.3. The fourth-order valence-corrected chi connectivity index (χ4v) is 6.04. The van der Waals surface area contributed by atoms with Crippen LogP contribution in [0.4, 0.5) is 0 Å². The summed E-state index contributed by atoms with van der Waals surface area (Å²) in [4.78, 5) is 7.29. The van der Waals surface area contributed by atoms with Gasteiger partial charge in [0, 0.05) is 21.7 Å². The first-order valence-corrected chi connectivity index (χ1v) is 11.7. The maximum Gasteiger partial charge on any atom is 0.225 e. The van der Waals surface area contributed by atoms with Gasteiger partial charge in [0.15, 0.2) is 0 Å². The van der Waals surface area contributed by atoms with Crippen molar-refractivity contribution in [3.05, 3.63) is 74.7 Å². The van der Waals surface area contributed by atoms with Crippen molar-refractivity contribution in [2.45, 2.75) is 9.92 Å². The Kier molecular flexibility index (Phi) is 4.65. The highest BCUT2D eigenvalue weighted by molar-refractivity contribution is 7.91. The summed E-state index contributed by atoms with van der Waals surface area (Å²) in [6.45, 7) is 0. The van der Waals surface area contributed by atoms with Gasteiger partial charge in [-0.05, 0) is 30.3 Å². The third-order valence-electron chi connectivity index (χ3n) is 4.88. The highest BCUT2D eigenvalue weighted by atomic mass is 35.5. The summed E-state index contributed by atoms with van der Waals surface area (Å²) < 4.78 is 27.2. The van der Waals surface area contributed by atoms with Crippen LogP contribution in [0, 0.1) is 0 Å². The number of nitrogens with one attached hydrogen (secondary N) is 1. The summed E-state index contributed by atoms with van der Waals surface area (Å²) in [5.41, 5.74) is 1.23. The zero-order valence-corrected chi connectivity index (χ0v) is 18.7. The van der Waals surface area contributed by atoms with Gasteiger partial charge >= 0.3 is 0 Å². The van der Waals surface area contributed by atoms with Crippen LogP contribution in [0.25, 0.3) is 32.7 Å². The second-order valence-electron chi connectivity index (χ2n) is 6.72. The molecule has 0 aliphatic rings. The molecule has 1 N–H and O–H groups in total. The van der Waals surface area contributed by atoms with Crippen LogP contribution in [0.3, 0.4) is 0 Å². The molecular formula is C21H10Cl4N2O2S. The van der Waals surface area contributed by atoms with Crippen molar-refractivity contribution in [3.63, 3.8) is 0 Å². The first kappa shape index (κ1) is 19.9. The van der Waals surface area contributed by atoms with E-state index in [0.29, 0.717) is 26.8 Å². The van der Waals surface area contributed by atoms with Crippen LogP contribution < -0.4 is 0 Å². The molecule has 0 radical (unpaired) electrons. The van der Waals surface area contributed by atoms with E-state index in [0.717, 1.165) is 5.39 Å². The number of fused-ring (bicyclic) bond motifs is 3. The number of hydrogen-bond donors (Lipinski definition) is 1. The van der Waals surface area contributed by atoms with E-state index in [-0.39, 0.29) is 30.5 Å². The molecule has 3 aromatic carbocycles. The van der Waals surface area contributed by atoms with Gasteiger partial charge in [-0.2, -0.15) is 0 Å². The van der Waals surface area contributed by atoms with Crippen molar-refractivity contribution < 1.29 is 8.42 Å². The molecule has 2 heterocycles. The lowest BCUT2D eigenvalue weighted by Crippen LogP contribution is -2.06. The zero-order chi connectivity index (χ0) is 21.2. The molecule has 9 heteroatoms. The van der Waals surface area contributed by atoms with Gasteiger partial charge in [0.05, 0.1) is 31.1 Å². The molecule has 0 unspecified atom stereocenters. The lowest BCUT2D eigenvalue weighted by Gasteiger charge is -2.12. The van der Waals surface area contributed by atoms with Gasteiger partial charge in [-0.15, -0.1) is 0 Å². The average Bonchev–Trinajstić information content (AvgIpc) is 3.16. The van der Waals surface area contributed by atoms with Crippen molar-refractivity contribution in [1.82, 2.24) is 9.97 Å². The molecule has 0 fully saturated rings. The molecule has 5 aromatic rings. The van der Waals surface area contributed by atoms with Crippen molar-refractivity contribution >= 4 is 88.9 Å². The first-order valence-electron chi connectivity index (χ1n) is 8.66. The molecule has 0 aliphatic carbocycles. The Labute approximate surface area is 191 Å². The Morgan fingerprint density at radius 2 is 1.50 bits per heavy atom. The predicted molar refractivity (Wildman–Crippen MR) is 123 cm³/mol. The van der Waals surface area contributed by atoms with Crippen LogP contribution >= 0.6 is 46.4 Å². The summed E-state index contributed by atoms with van der Waals surface area (Å²) >= 11 is 25.1. The largest absolute Gasteiger partial charge is 0.345 e. The third kappa shape index (κ3) is 2.96. The number of H-pyrrole nitrogens is 1. The summed E-state index contributed by atoms with van der Waals surface area (Å²) in [7, 11) is -4.08. The molecule has 0 aliphatic heterocycles. The van der Waals surface area contributed by atoms with E-state index < -0.39 is 9.84 Å². The Bertz CT molecular complexity index is 1580. The number of para-hydroxylation sites is 1. The van der Waals surface area contributed by atoms with Crippen molar-refractivity contribution in [2.24, 2.45) is 0 Å². The summed E-state index contributed by atoms with van der Waals surface area (Å²) in [6.07, 6.45) is 0. The Morgan fingerprint density at radius 1 is 0.733 bits per heavy atom. The van der Waals surface area contributed by atoms with Crippen LogP contribution in [0.2, 0.25) is 20.1 Å². The number of hydrogen-bond acceptors (Lipinski definition) is 3. The lowest BCUT2D eigenvalue weighted by molar-refractivity contribution is 0.594. The Balaban J connectivity index is 1.89. The molecule has 0 bridgehead atoms. The lowest BCUT2D eigenvalue weighted by atomic mass is 10.1. The second kappa shape index (κ2) is 7.01. The van der Waals surface area contributed by atoms with Crippen LogP contribution in [0.5, 0.6) is 0 Å². The van der Waals surface area contributed by atoms with Gasteiger partial charge in [0.1, 0.15) is 9.92 Å². The molecule has 2 aromatic heterocycles. The van der Waals surface area contributed by atoms with Gasteiger partial charge in [-0.25, -0.2) is 13.4 Å². The van der Waals surface area contributed by atoms with E-state index in [1.807, 2.05) is 18.2 Å². The number of aromatic amines is 1. The molecule has 0 amide bonds. The van der Waals surface area contributed by atoms with Gasteiger partial charge in [-0.1, -0.05) is 70.7 Å². The first-order chi connectivity index (χ1) is 14.3. The third-order valence-corrected chi connectivity index (χ3v) is 8.31. The van der Waals surface area contributed by atoms with Crippen LogP contribution in [0.15, 0.2) is 64.5 Å². The number of nitrogens with zero attached hydrogens (tertiary/aromatic N) is 1. The monoisotopic (exact) mass is 494 g/mol. The summed E-state index contributed by atoms with van der Waals surface area (Å²) in [6, 6.07) is 15.5. The molecule has 0 atom stereocenters. The number of benzene rings is 3. The standard InChI is InChI=1S/C21H10Cl4N2O2S/c22-13-6-5-11-7-12-8-14(23)18(25)21(20(12)27-19(11)17(13)24)30(28,29)16-9-10-3-1-2-4-15(10)26-16/h1-9,26H. The minimum Gasteiger partial charge on any atom is -0.345 e. The van der Waals surface area contributed by atoms with Crippen molar-refractivity contribution in [3.8, 4) is 0 Å². The number of pyridine rings is 1. The van der Waals surface area contributed by atoms with Crippen molar-refractivity contribution in [2.75, 3.05) is 0 Å². The SMILES string of the molecule is O=S(=O)(c1cc2ccccc2[nH]1)c1c(Cl)c(Cl)cc2cc3ccc(Cl)c(Cl)c3nc12. The maximum atomic E-state index is 13.6.